The van der Waals surface area contributed by atoms with E-state index in [1.165, 1.54) is 0 Å². The summed E-state index contributed by atoms with van der Waals surface area (Å²) < 4.78 is 1.86. The number of H-pyrrole nitrogens is 1. The molecule has 2 atom stereocenters. The molecular weight excluding hydrogens is 492 g/mol. The number of anilines is 2. The molecule has 4 N–H and O–H groups in total. The van der Waals surface area contributed by atoms with E-state index in [0.717, 1.165) is 56.8 Å². The van der Waals surface area contributed by atoms with Crippen LogP contribution in [0.2, 0.25) is 0 Å². The maximum atomic E-state index is 12.2. The van der Waals surface area contributed by atoms with Crippen LogP contribution in [0.1, 0.15) is 13.8 Å². The number of likely N-dealkylation sites (N-methyl/N-ethyl adjacent to an activating group) is 4. The minimum absolute atomic E-state index is 0.00181. The Morgan fingerprint density at radius 1 is 0.897 bits per heavy atom. The monoisotopic (exact) mass is 538 g/mol. The number of imidazole rings is 1. The van der Waals surface area contributed by atoms with Crippen molar-refractivity contribution in [2.45, 2.75) is 32.5 Å². The first-order chi connectivity index (χ1) is 18.7. The van der Waals surface area contributed by atoms with E-state index in [9.17, 15) is 9.59 Å². The zero-order valence-corrected chi connectivity index (χ0v) is 24.4. The number of nitrogen functional groups attached to an aromatic ring is 1. The van der Waals surface area contributed by atoms with E-state index in [-0.39, 0.29) is 17.6 Å². The lowest BCUT2D eigenvalue weighted by Crippen LogP contribution is -2.55. The highest BCUT2D eigenvalue weighted by Crippen LogP contribution is 2.18. The summed E-state index contributed by atoms with van der Waals surface area (Å²) in [5.74, 6) is 0.00181. The second-order valence-electron chi connectivity index (χ2n) is 10.3. The van der Waals surface area contributed by atoms with Gasteiger partial charge in [0.1, 0.15) is 6.04 Å². The smallest absolute Gasteiger partial charge is 0.326 e. The molecule has 1 amide bonds. The quantitative estimate of drug-likeness (QED) is 0.437. The molecule has 3 heterocycles. The van der Waals surface area contributed by atoms with Crippen molar-refractivity contribution in [3.05, 3.63) is 59.0 Å². The Labute approximate surface area is 232 Å². The van der Waals surface area contributed by atoms with E-state index in [1.54, 1.807) is 6.07 Å². The molecule has 5 rings (SSSR count). The first-order valence-electron chi connectivity index (χ1n) is 13.8. The van der Waals surface area contributed by atoms with Crippen molar-refractivity contribution in [2.24, 2.45) is 0 Å². The van der Waals surface area contributed by atoms with E-state index >= 15 is 0 Å². The van der Waals surface area contributed by atoms with Gasteiger partial charge in [0.25, 0.3) is 0 Å². The lowest BCUT2D eigenvalue weighted by molar-refractivity contribution is -0.122. The largest absolute Gasteiger partial charge is 0.397 e. The summed E-state index contributed by atoms with van der Waals surface area (Å²) in [4.78, 5) is 36.1. The zero-order chi connectivity index (χ0) is 28.5. The fraction of sp³-hybridized carbons (Fsp3) is 0.517. The summed E-state index contributed by atoms with van der Waals surface area (Å²) in [5.41, 5.74) is 9.00. The summed E-state index contributed by atoms with van der Waals surface area (Å²) in [5, 5.41) is 2.90. The Morgan fingerprint density at radius 2 is 1.51 bits per heavy atom. The van der Waals surface area contributed by atoms with Crippen molar-refractivity contribution in [1.29, 1.82) is 0 Å². The Morgan fingerprint density at radius 3 is 2.23 bits per heavy atom. The fourth-order valence-electron chi connectivity index (χ4n) is 4.92. The van der Waals surface area contributed by atoms with E-state index in [2.05, 4.69) is 44.0 Å². The van der Waals surface area contributed by atoms with Gasteiger partial charge >= 0.3 is 5.69 Å². The minimum Gasteiger partial charge on any atom is -0.397 e. The molecule has 2 aliphatic heterocycles. The van der Waals surface area contributed by atoms with Gasteiger partial charge in [0, 0.05) is 51.9 Å². The van der Waals surface area contributed by atoms with Crippen molar-refractivity contribution in [2.75, 3.05) is 78.5 Å². The summed E-state index contributed by atoms with van der Waals surface area (Å²) in [6.07, 6.45) is 0. The molecule has 214 valence electrons. The third-order valence-electron chi connectivity index (χ3n) is 7.43. The van der Waals surface area contributed by atoms with Crippen molar-refractivity contribution >= 4 is 28.3 Å². The number of aromatic nitrogens is 2. The first kappa shape index (κ1) is 30.4. The maximum absolute atomic E-state index is 12.2. The lowest BCUT2D eigenvalue weighted by Gasteiger charge is -2.37. The summed E-state index contributed by atoms with van der Waals surface area (Å²) >= 11 is 0. The number of nitrogens with one attached hydrogen (secondary N) is 2. The molecule has 0 saturated carbocycles. The molecule has 10 nitrogen and oxygen atoms in total. The maximum Gasteiger partial charge on any atom is 0.326 e. The molecule has 3 aromatic rings. The molecule has 0 radical (unpaired) electrons. The summed E-state index contributed by atoms with van der Waals surface area (Å²) in [7, 11) is 8.28. The number of piperazine rings is 2. The van der Waals surface area contributed by atoms with Gasteiger partial charge in [0.15, 0.2) is 0 Å². The van der Waals surface area contributed by atoms with Gasteiger partial charge < -0.3 is 25.8 Å². The van der Waals surface area contributed by atoms with Gasteiger partial charge in [-0.3, -0.25) is 19.2 Å². The molecule has 2 saturated heterocycles. The number of hydrogen-bond donors (Lipinski definition) is 3. The van der Waals surface area contributed by atoms with Crippen LogP contribution in [0.25, 0.3) is 11.0 Å². The van der Waals surface area contributed by atoms with Gasteiger partial charge in [-0.05, 0) is 52.5 Å². The second-order valence-corrected chi connectivity index (χ2v) is 10.3. The average molecular weight is 539 g/mol. The average Bonchev–Trinajstić information content (AvgIpc) is 3.25. The van der Waals surface area contributed by atoms with Crippen molar-refractivity contribution < 1.29 is 4.79 Å². The van der Waals surface area contributed by atoms with Gasteiger partial charge in [0.2, 0.25) is 5.91 Å². The third-order valence-corrected chi connectivity index (χ3v) is 7.43. The number of para-hydroxylation sites is 4. The molecule has 0 aliphatic carbocycles. The Bertz CT molecular complexity index is 1260. The van der Waals surface area contributed by atoms with Crippen LogP contribution in [0.5, 0.6) is 0 Å². The molecule has 0 bridgehead atoms. The van der Waals surface area contributed by atoms with Crippen LogP contribution in [0.15, 0.2) is 53.3 Å². The molecule has 39 heavy (non-hydrogen) atoms. The van der Waals surface area contributed by atoms with Crippen molar-refractivity contribution in [1.82, 2.24) is 29.2 Å². The predicted octanol–water partition coefficient (Wildman–Crippen LogP) is 2.05. The number of amides is 1. The van der Waals surface area contributed by atoms with Gasteiger partial charge in [-0.15, -0.1) is 0 Å². The number of aromatic amines is 1. The number of hydrogen-bond acceptors (Lipinski definition) is 7. The number of fused-ring (bicyclic) bond motifs is 1. The number of rotatable bonds is 4. The first-order valence-corrected chi connectivity index (χ1v) is 13.8. The topological polar surface area (TPSA) is 106 Å². The fourth-order valence-corrected chi connectivity index (χ4v) is 4.92. The normalized spacial score (nSPS) is 21.0. The standard InChI is InChI=1S/C14H20N4O.C13H20N4O.C2H6/c1-16-7-8-17(2)11(9-16)10-18-13-6-4-3-5-12(13)15-14(18)19;1-16-7-8-17(2)12(9-16)13(18)15-11-6-4-3-5-10(11)14;1-2/h3-6,11H,7-10H2,1-2H3,(H,15,19);3-6,12H,7-9,14H2,1-2H3,(H,15,18);1-2H3. The lowest BCUT2D eigenvalue weighted by atomic mass is 10.1. The highest BCUT2D eigenvalue weighted by Gasteiger charge is 2.28. The Balaban J connectivity index is 0.000000203. The zero-order valence-electron chi connectivity index (χ0n) is 24.4. The van der Waals surface area contributed by atoms with Crippen molar-refractivity contribution in [3.63, 3.8) is 0 Å². The summed E-state index contributed by atoms with van der Waals surface area (Å²) in [6.45, 7) is 10.5. The molecule has 2 aromatic carbocycles. The van der Waals surface area contributed by atoms with Crippen molar-refractivity contribution in [3.8, 4) is 0 Å². The molecular formula is C29H46N8O2. The van der Waals surface area contributed by atoms with Crippen LogP contribution in [0.3, 0.4) is 0 Å². The van der Waals surface area contributed by atoms with Crippen LogP contribution in [0.4, 0.5) is 11.4 Å². The molecule has 0 spiro atoms. The van der Waals surface area contributed by atoms with Gasteiger partial charge in [-0.2, -0.15) is 0 Å². The minimum atomic E-state index is -0.122. The molecule has 2 unspecified atom stereocenters. The summed E-state index contributed by atoms with van der Waals surface area (Å²) in [6, 6.07) is 15.5. The van der Waals surface area contributed by atoms with E-state index in [4.69, 9.17) is 5.73 Å². The molecule has 10 heteroatoms. The molecule has 2 aliphatic rings. The van der Waals surface area contributed by atoms with E-state index < -0.39 is 0 Å². The van der Waals surface area contributed by atoms with E-state index in [0.29, 0.717) is 17.4 Å². The number of nitrogens with two attached hydrogens (primary N) is 1. The van der Waals surface area contributed by atoms with Crippen LogP contribution in [-0.2, 0) is 11.3 Å². The Hall–Kier alpha value is -3.18. The highest BCUT2D eigenvalue weighted by molar-refractivity contribution is 5.97. The molecule has 2 fully saturated rings. The third kappa shape index (κ3) is 7.92. The van der Waals surface area contributed by atoms with Crippen LogP contribution in [0, 0.1) is 0 Å². The molecule has 1 aromatic heterocycles. The number of benzene rings is 2. The predicted molar refractivity (Wildman–Crippen MR) is 161 cm³/mol. The second kappa shape index (κ2) is 14.3. The number of carbonyl (C=O) groups is 1. The Kier molecular flexibility index (Phi) is 11.1. The van der Waals surface area contributed by atoms with Gasteiger partial charge in [0.05, 0.1) is 22.4 Å². The van der Waals surface area contributed by atoms with Crippen LogP contribution in [-0.4, -0.2) is 115 Å². The number of nitrogens with zero attached hydrogens (tertiary/aromatic N) is 5. The van der Waals surface area contributed by atoms with Crippen LogP contribution >= 0.6 is 0 Å². The van der Waals surface area contributed by atoms with Crippen LogP contribution < -0.4 is 16.7 Å². The SMILES string of the molecule is CC.CN1CCN(C)C(C(=O)Nc2ccccc2N)C1.CN1CCN(C)C(Cn2c(=O)[nH]c3ccccc32)C1. The highest BCUT2D eigenvalue weighted by atomic mass is 16.2. The number of carbonyl (C=O) groups excluding carboxylic acids is 1. The van der Waals surface area contributed by atoms with Gasteiger partial charge in [-0.1, -0.05) is 38.1 Å². The van der Waals surface area contributed by atoms with Gasteiger partial charge in [-0.25, -0.2) is 4.79 Å². The van der Waals surface area contributed by atoms with E-state index in [1.807, 2.05) is 75.0 Å².